The van der Waals surface area contributed by atoms with Crippen LogP contribution >= 0.6 is 0 Å². The van der Waals surface area contributed by atoms with E-state index in [4.69, 9.17) is 11.0 Å². The largest absolute Gasteiger partial charge is 0.312 e. The Bertz CT molecular complexity index is 303. The molecule has 0 aromatic carbocycles. The van der Waals surface area contributed by atoms with E-state index in [0.717, 1.165) is 0 Å². The van der Waals surface area contributed by atoms with Gasteiger partial charge in [0.25, 0.3) is 0 Å². The standard InChI is InChI=1S/C6H10N2O2S/c1-2-11(9,10)5-3-6(5,8)4-7/h5H,2-3,8H2,1H3/t5-,6+/m1/s1. The van der Waals surface area contributed by atoms with Crippen molar-refractivity contribution in [3.63, 3.8) is 0 Å². The SMILES string of the molecule is CCS(=O)(=O)[C@@H]1C[C@]1(N)C#N. The first-order valence-electron chi connectivity index (χ1n) is 3.38. The molecule has 5 heteroatoms. The molecule has 0 unspecified atom stereocenters. The molecule has 2 N–H and O–H groups in total. The van der Waals surface area contributed by atoms with Gasteiger partial charge < -0.3 is 5.73 Å². The van der Waals surface area contributed by atoms with Crippen LogP contribution in [0.1, 0.15) is 13.3 Å². The van der Waals surface area contributed by atoms with E-state index in [1.54, 1.807) is 13.0 Å². The molecular formula is C6H10N2O2S. The summed E-state index contributed by atoms with van der Waals surface area (Å²) in [6.45, 7) is 1.56. The van der Waals surface area contributed by atoms with Crippen molar-refractivity contribution in [3.05, 3.63) is 0 Å². The van der Waals surface area contributed by atoms with Crippen LogP contribution in [0.15, 0.2) is 0 Å². The first-order chi connectivity index (χ1) is 4.96. The zero-order chi connectivity index (χ0) is 8.70. The van der Waals surface area contributed by atoms with Gasteiger partial charge >= 0.3 is 0 Å². The molecule has 0 aromatic heterocycles. The van der Waals surface area contributed by atoms with Crippen molar-refractivity contribution in [3.8, 4) is 6.07 Å². The van der Waals surface area contributed by atoms with Crippen LogP contribution in [0, 0.1) is 11.3 Å². The summed E-state index contributed by atoms with van der Waals surface area (Å²) in [5.41, 5.74) is 4.32. The maximum Gasteiger partial charge on any atom is 0.155 e. The zero-order valence-electron chi connectivity index (χ0n) is 6.24. The lowest BCUT2D eigenvalue weighted by Crippen LogP contribution is -2.29. The minimum atomic E-state index is -3.09. The van der Waals surface area contributed by atoms with Crippen LogP contribution in [0.25, 0.3) is 0 Å². The van der Waals surface area contributed by atoms with E-state index in [9.17, 15) is 8.42 Å². The lowest BCUT2D eigenvalue weighted by Gasteiger charge is -1.99. The fourth-order valence-corrected chi connectivity index (χ4v) is 2.64. The Labute approximate surface area is 65.9 Å². The Morgan fingerprint density at radius 1 is 1.82 bits per heavy atom. The molecule has 11 heavy (non-hydrogen) atoms. The second-order valence-corrected chi connectivity index (χ2v) is 5.27. The third-order valence-electron chi connectivity index (χ3n) is 1.98. The van der Waals surface area contributed by atoms with E-state index in [1.807, 2.05) is 0 Å². The second-order valence-electron chi connectivity index (χ2n) is 2.80. The van der Waals surface area contributed by atoms with Crippen molar-refractivity contribution in [2.24, 2.45) is 5.73 Å². The molecule has 0 saturated heterocycles. The molecule has 0 amide bonds. The van der Waals surface area contributed by atoms with E-state index in [0.29, 0.717) is 6.42 Å². The maximum absolute atomic E-state index is 11.1. The van der Waals surface area contributed by atoms with Crippen molar-refractivity contribution in [1.82, 2.24) is 0 Å². The lowest BCUT2D eigenvalue weighted by molar-refractivity contribution is 0.593. The maximum atomic E-state index is 11.1. The molecular weight excluding hydrogens is 164 g/mol. The van der Waals surface area contributed by atoms with Gasteiger partial charge in [0, 0.05) is 5.75 Å². The monoisotopic (exact) mass is 174 g/mol. The molecule has 1 saturated carbocycles. The van der Waals surface area contributed by atoms with Gasteiger partial charge in [-0.1, -0.05) is 6.92 Å². The molecule has 0 aromatic rings. The van der Waals surface area contributed by atoms with Crippen LogP contribution in [0.2, 0.25) is 0 Å². The summed E-state index contributed by atoms with van der Waals surface area (Å²) in [6, 6.07) is 1.80. The highest BCUT2D eigenvalue weighted by atomic mass is 32.2. The third kappa shape index (κ3) is 1.24. The molecule has 4 nitrogen and oxygen atoms in total. The van der Waals surface area contributed by atoms with Gasteiger partial charge in [-0.25, -0.2) is 8.42 Å². The van der Waals surface area contributed by atoms with Gasteiger partial charge in [0.05, 0.1) is 11.3 Å². The van der Waals surface area contributed by atoms with E-state index in [-0.39, 0.29) is 5.75 Å². The fraction of sp³-hybridized carbons (Fsp3) is 0.833. The van der Waals surface area contributed by atoms with Crippen molar-refractivity contribution < 1.29 is 8.42 Å². The minimum absolute atomic E-state index is 0.0678. The normalized spacial score (nSPS) is 36.3. The van der Waals surface area contributed by atoms with Crippen molar-refractivity contribution in [1.29, 1.82) is 5.26 Å². The summed E-state index contributed by atoms with van der Waals surface area (Å²) in [6.07, 6.45) is 0.291. The summed E-state index contributed by atoms with van der Waals surface area (Å²) in [5, 5.41) is 7.83. The van der Waals surface area contributed by atoms with Gasteiger partial charge in [0.1, 0.15) is 5.54 Å². The van der Waals surface area contributed by atoms with Crippen LogP contribution in [0.5, 0.6) is 0 Å². The molecule has 62 valence electrons. The van der Waals surface area contributed by atoms with Crippen LogP contribution < -0.4 is 5.73 Å². The molecule has 1 aliphatic carbocycles. The highest BCUT2D eigenvalue weighted by molar-refractivity contribution is 7.92. The smallest absolute Gasteiger partial charge is 0.155 e. The summed E-state index contributed by atoms with van der Waals surface area (Å²) in [7, 11) is -3.09. The van der Waals surface area contributed by atoms with Crippen molar-refractivity contribution in [2.75, 3.05) is 5.75 Å². The average molecular weight is 174 g/mol. The quantitative estimate of drug-likeness (QED) is 0.606. The van der Waals surface area contributed by atoms with E-state index in [2.05, 4.69) is 0 Å². The molecule has 1 rings (SSSR count). The summed E-state index contributed by atoms with van der Waals surface area (Å²) in [5.74, 6) is 0.0678. The first-order valence-corrected chi connectivity index (χ1v) is 5.09. The Kier molecular flexibility index (Phi) is 1.69. The van der Waals surface area contributed by atoms with E-state index in [1.165, 1.54) is 0 Å². The fourth-order valence-electron chi connectivity index (χ4n) is 1.01. The average Bonchev–Trinajstić information content (AvgIpc) is 2.65. The van der Waals surface area contributed by atoms with Crippen LogP contribution in [0.4, 0.5) is 0 Å². The molecule has 1 aliphatic rings. The number of nitrogens with two attached hydrogens (primary N) is 1. The Morgan fingerprint density at radius 2 is 2.36 bits per heavy atom. The number of nitrogens with zero attached hydrogens (tertiary/aromatic N) is 1. The number of rotatable bonds is 2. The summed E-state index contributed by atoms with van der Waals surface area (Å²) >= 11 is 0. The lowest BCUT2D eigenvalue weighted by atomic mass is 10.3. The minimum Gasteiger partial charge on any atom is -0.312 e. The van der Waals surface area contributed by atoms with Crippen molar-refractivity contribution in [2.45, 2.75) is 24.1 Å². The predicted molar refractivity (Wildman–Crippen MR) is 40.4 cm³/mol. The number of sulfone groups is 1. The van der Waals surface area contributed by atoms with Crippen LogP contribution in [-0.4, -0.2) is 25.0 Å². The molecule has 1 fully saturated rings. The molecule has 2 atom stereocenters. The molecule has 0 bridgehead atoms. The molecule has 0 radical (unpaired) electrons. The van der Waals surface area contributed by atoms with Gasteiger partial charge in [-0.3, -0.25) is 0 Å². The molecule has 0 heterocycles. The topological polar surface area (TPSA) is 83.9 Å². The molecule has 0 aliphatic heterocycles. The Hall–Kier alpha value is -0.600. The highest BCUT2D eigenvalue weighted by Crippen LogP contribution is 2.39. The Balaban J connectivity index is 2.81. The number of hydrogen-bond acceptors (Lipinski definition) is 4. The predicted octanol–water partition coefficient (Wildman–Crippen LogP) is -0.586. The molecule has 0 spiro atoms. The third-order valence-corrected chi connectivity index (χ3v) is 4.24. The van der Waals surface area contributed by atoms with Gasteiger partial charge in [-0.05, 0) is 6.42 Å². The van der Waals surface area contributed by atoms with Gasteiger partial charge in [0.15, 0.2) is 9.84 Å². The van der Waals surface area contributed by atoms with Crippen molar-refractivity contribution >= 4 is 9.84 Å². The highest BCUT2D eigenvalue weighted by Gasteiger charge is 2.58. The summed E-state index contributed by atoms with van der Waals surface area (Å²) in [4.78, 5) is 0. The van der Waals surface area contributed by atoms with E-state index < -0.39 is 20.6 Å². The zero-order valence-corrected chi connectivity index (χ0v) is 7.06. The summed E-state index contributed by atoms with van der Waals surface area (Å²) < 4.78 is 22.2. The van der Waals surface area contributed by atoms with Gasteiger partial charge in [-0.2, -0.15) is 5.26 Å². The first kappa shape index (κ1) is 8.50. The van der Waals surface area contributed by atoms with E-state index >= 15 is 0 Å². The number of hydrogen-bond donors (Lipinski definition) is 1. The second kappa shape index (κ2) is 2.19. The number of nitriles is 1. The van der Waals surface area contributed by atoms with Crippen LogP contribution in [0.3, 0.4) is 0 Å². The Morgan fingerprint density at radius 3 is 2.64 bits per heavy atom. The van der Waals surface area contributed by atoms with Crippen LogP contribution in [-0.2, 0) is 9.84 Å². The van der Waals surface area contributed by atoms with Gasteiger partial charge in [0.2, 0.25) is 0 Å². The van der Waals surface area contributed by atoms with Gasteiger partial charge in [-0.15, -0.1) is 0 Å².